The van der Waals surface area contributed by atoms with Crippen LogP contribution in [0.3, 0.4) is 0 Å². The predicted molar refractivity (Wildman–Crippen MR) is 66.1 cm³/mol. The lowest BCUT2D eigenvalue weighted by Crippen LogP contribution is -2.28. The Morgan fingerprint density at radius 2 is 2.21 bits per heavy atom. The van der Waals surface area contributed by atoms with Crippen LogP contribution >= 0.6 is 11.8 Å². The number of esters is 1. The summed E-state index contributed by atoms with van der Waals surface area (Å²) in [6, 6.07) is 3.88. The quantitative estimate of drug-likeness (QED) is 0.792. The molecule has 7 heteroatoms. The third-order valence-corrected chi connectivity index (χ3v) is 3.48. The number of thioether (sulfide) groups is 1. The highest BCUT2D eigenvalue weighted by molar-refractivity contribution is 8.14. The van der Waals surface area contributed by atoms with Crippen molar-refractivity contribution in [3.63, 3.8) is 0 Å². The predicted octanol–water partition coefficient (Wildman–Crippen LogP) is 1.81. The van der Waals surface area contributed by atoms with Gasteiger partial charge in [0.1, 0.15) is 5.82 Å². The summed E-state index contributed by atoms with van der Waals surface area (Å²) >= 11 is 0.918. The minimum absolute atomic E-state index is 0.00302. The molecule has 0 spiro atoms. The molecule has 0 atom stereocenters. The average Bonchev–Trinajstić information content (AvgIpc) is 2.70. The molecule has 1 saturated heterocycles. The van der Waals surface area contributed by atoms with Gasteiger partial charge in [-0.05, 0) is 17.7 Å². The Morgan fingerprint density at radius 3 is 2.74 bits per heavy atom. The normalized spacial score (nSPS) is 14.9. The van der Waals surface area contributed by atoms with Gasteiger partial charge in [0, 0.05) is 0 Å². The largest absolute Gasteiger partial charge is 0.465 e. The summed E-state index contributed by atoms with van der Waals surface area (Å²) in [7, 11) is 1.16. The third-order valence-electron chi connectivity index (χ3n) is 2.62. The number of carbonyl (C=O) groups excluding carboxylic acids is 3. The van der Waals surface area contributed by atoms with Crippen LogP contribution in [0.25, 0.3) is 0 Å². The van der Waals surface area contributed by atoms with Crippen LogP contribution in [0.1, 0.15) is 15.9 Å². The van der Waals surface area contributed by atoms with Crippen LogP contribution in [0.5, 0.6) is 0 Å². The van der Waals surface area contributed by atoms with E-state index in [4.69, 9.17) is 0 Å². The van der Waals surface area contributed by atoms with E-state index in [1.54, 1.807) is 0 Å². The van der Waals surface area contributed by atoms with Crippen molar-refractivity contribution in [2.75, 3.05) is 12.9 Å². The minimum atomic E-state index is -0.770. The molecule has 19 heavy (non-hydrogen) atoms. The maximum atomic E-state index is 13.7. The summed E-state index contributed by atoms with van der Waals surface area (Å²) in [5, 5.41) is -0.345. The lowest BCUT2D eigenvalue weighted by atomic mass is 10.1. The van der Waals surface area contributed by atoms with Gasteiger partial charge in [0.05, 0.1) is 25.0 Å². The number of benzene rings is 1. The molecule has 1 aliphatic heterocycles. The molecule has 100 valence electrons. The molecule has 1 fully saturated rings. The molecule has 1 aromatic rings. The van der Waals surface area contributed by atoms with Crippen LogP contribution in [0, 0.1) is 5.82 Å². The molecule has 0 bridgehead atoms. The molecular weight excluding hydrogens is 273 g/mol. The molecule has 0 unspecified atom stereocenters. The van der Waals surface area contributed by atoms with E-state index in [2.05, 4.69) is 4.74 Å². The first-order valence-corrected chi connectivity index (χ1v) is 6.35. The second kappa shape index (κ2) is 5.40. The minimum Gasteiger partial charge on any atom is -0.465 e. The van der Waals surface area contributed by atoms with Gasteiger partial charge in [0.25, 0.3) is 5.24 Å². The van der Waals surface area contributed by atoms with E-state index in [-0.39, 0.29) is 29.0 Å². The van der Waals surface area contributed by atoms with Crippen molar-refractivity contribution in [1.29, 1.82) is 0 Å². The first-order valence-electron chi connectivity index (χ1n) is 5.37. The highest BCUT2D eigenvalue weighted by Crippen LogP contribution is 2.22. The van der Waals surface area contributed by atoms with E-state index in [0.717, 1.165) is 29.8 Å². The Morgan fingerprint density at radius 1 is 1.47 bits per heavy atom. The van der Waals surface area contributed by atoms with Gasteiger partial charge in [0.15, 0.2) is 0 Å². The summed E-state index contributed by atoms with van der Waals surface area (Å²) < 4.78 is 18.1. The Balaban J connectivity index is 2.19. The van der Waals surface area contributed by atoms with Gasteiger partial charge in [-0.1, -0.05) is 17.8 Å². The first-order chi connectivity index (χ1) is 9.02. The van der Waals surface area contributed by atoms with Crippen molar-refractivity contribution < 1.29 is 23.5 Å². The number of hydrogen-bond acceptors (Lipinski definition) is 5. The number of amides is 2. The van der Waals surface area contributed by atoms with Crippen molar-refractivity contribution in [2.45, 2.75) is 6.54 Å². The number of imide groups is 1. The Bertz CT molecular complexity index is 545. The molecule has 1 heterocycles. The fourth-order valence-corrected chi connectivity index (χ4v) is 2.37. The summed E-state index contributed by atoms with van der Waals surface area (Å²) in [4.78, 5) is 35.1. The molecule has 0 aliphatic carbocycles. The Hall–Kier alpha value is -1.89. The van der Waals surface area contributed by atoms with Gasteiger partial charge in [-0.15, -0.1) is 0 Å². The molecule has 1 aromatic carbocycles. The summed E-state index contributed by atoms with van der Waals surface area (Å²) in [6.07, 6.45) is 0. The number of methoxy groups -OCH3 is 1. The molecular formula is C12H10FNO4S. The van der Waals surface area contributed by atoms with Crippen molar-refractivity contribution in [1.82, 2.24) is 4.90 Å². The zero-order chi connectivity index (χ0) is 14.0. The smallest absolute Gasteiger partial charge is 0.340 e. The monoisotopic (exact) mass is 283 g/mol. The van der Waals surface area contributed by atoms with Crippen molar-refractivity contribution in [3.05, 3.63) is 35.1 Å². The molecule has 0 radical (unpaired) electrons. The SMILES string of the molecule is COC(=O)c1ccc(CN2C(=O)CSC2=O)cc1F. The van der Waals surface area contributed by atoms with E-state index in [1.807, 2.05) is 0 Å². The van der Waals surface area contributed by atoms with Crippen LogP contribution < -0.4 is 0 Å². The standard InChI is InChI=1S/C12H10FNO4S/c1-18-11(16)8-3-2-7(4-9(8)13)5-14-10(15)6-19-12(14)17/h2-4H,5-6H2,1H3. The molecule has 0 aromatic heterocycles. The first kappa shape index (κ1) is 13.5. The summed E-state index contributed by atoms with van der Waals surface area (Å²) in [6.45, 7) is 0.00302. The molecule has 0 N–H and O–H groups in total. The number of nitrogens with zero attached hydrogens (tertiary/aromatic N) is 1. The number of ether oxygens (including phenoxy) is 1. The topological polar surface area (TPSA) is 63.7 Å². The van der Waals surface area contributed by atoms with Crippen LogP contribution in [0.2, 0.25) is 0 Å². The van der Waals surface area contributed by atoms with E-state index in [0.29, 0.717) is 5.56 Å². The van der Waals surface area contributed by atoms with Gasteiger partial charge in [-0.25, -0.2) is 9.18 Å². The third kappa shape index (κ3) is 2.76. The van der Waals surface area contributed by atoms with Gasteiger partial charge in [0.2, 0.25) is 5.91 Å². The number of rotatable bonds is 3. The fourth-order valence-electron chi connectivity index (χ4n) is 1.65. The van der Waals surface area contributed by atoms with E-state index in [9.17, 15) is 18.8 Å². The van der Waals surface area contributed by atoms with Crippen LogP contribution in [-0.4, -0.2) is 34.9 Å². The Kier molecular flexibility index (Phi) is 3.84. The van der Waals surface area contributed by atoms with Crippen molar-refractivity contribution in [3.8, 4) is 0 Å². The highest BCUT2D eigenvalue weighted by atomic mass is 32.2. The molecule has 0 saturated carbocycles. The van der Waals surface area contributed by atoms with Gasteiger partial charge >= 0.3 is 5.97 Å². The lowest BCUT2D eigenvalue weighted by molar-refractivity contribution is -0.125. The second-order valence-corrected chi connectivity index (χ2v) is 4.77. The van der Waals surface area contributed by atoms with Gasteiger partial charge < -0.3 is 4.74 Å². The molecule has 2 rings (SSSR count). The van der Waals surface area contributed by atoms with Crippen LogP contribution in [-0.2, 0) is 16.1 Å². The van der Waals surface area contributed by atoms with Crippen LogP contribution in [0.4, 0.5) is 9.18 Å². The lowest BCUT2D eigenvalue weighted by Gasteiger charge is -2.13. The van der Waals surface area contributed by atoms with Crippen molar-refractivity contribution >= 4 is 28.9 Å². The zero-order valence-corrected chi connectivity index (χ0v) is 10.8. The van der Waals surface area contributed by atoms with Crippen LogP contribution in [0.15, 0.2) is 18.2 Å². The van der Waals surface area contributed by atoms with Gasteiger partial charge in [-0.3, -0.25) is 14.5 Å². The number of carbonyl (C=O) groups is 3. The maximum Gasteiger partial charge on any atom is 0.340 e. The van der Waals surface area contributed by atoms with Crippen molar-refractivity contribution in [2.24, 2.45) is 0 Å². The Labute approximate surface area is 112 Å². The summed E-state index contributed by atoms with van der Waals surface area (Å²) in [5.41, 5.74) is 0.258. The summed E-state index contributed by atoms with van der Waals surface area (Å²) in [5.74, 6) is -1.70. The molecule has 2 amide bonds. The van der Waals surface area contributed by atoms with E-state index < -0.39 is 11.8 Å². The second-order valence-electron chi connectivity index (χ2n) is 3.84. The number of halogens is 1. The van der Waals surface area contributed by atoms with E-state index >= 15 is 0 Å². The molecule has 1 aliphatic rings. The fraction of sp³-hybridized carbons (Fsp3) is 0.250. The average molecular weight is 283 g/mol. The zero-order valence-electron chi connectivity index (χ0n) is 10.0. The maximum absolute atomic E-state index is 13.7. The molecule has 5 nitrogen and oxygen atoms in total. The van der Waals surface area contributed by atoms with E-state index in [1.165, 1.54) is 12.1 Å². The number of hydrogen-bond donors (Lipinski definition) is 0. The highest BCUT2D eigenvalue weighted by Gasteiger charge is 2.29. The van der Waals surface area contributed by atoms with Gasteiger partial charge in [-0.2, -0.15) is 0 Å².